The highest BCUT2D eigenvalue weighted by molar-refractivity contribution is 4.82. The Balaban J connectivity index is 0.00000144. The van der Waals surface area contributed by atoms with Crippen LogP contribution in [0.25, 0.3) is 0 Å². The molecule has 2 nitrogen and oxygen atoms in total. The van der Waals surface area contributed by atoms with Crippen molar-refractivity contribution in [1.29, 1.82) is 0 Å². The van der Waals surface area contributed by atoms with E-state index < -0.39 is 0 Å². The molecule has 0 saturated carbocycles. The molecule has 0 aromatic carbocycles. The van der Waals surface area contributed by atoms with Crippen LogP contribution in [0.2, 0.25) is 0 Å². The van der Waals surface area contributed by atoms with Crippen LogP contribution in [0.5, 0.6) is 0 Å². The van der Waals surface area contributed by atoms with E-state index in [1.54, 1.807) is 0 Å². The van der Waals surface area contributed by atoms with Gasteiger partial charge >= 0.3 is 0 Å². The average molecular weight is 247 g/mol. The normalized spacial score (nSPS) is 10.7. The third-order valence-corrected chi connectivity index (χ3v) is 2.25. The molecular formula is C10H19BrN2. The molecule has 0 bridgehead atoms. The number of hydrogen-bond donors (Lipinski definition) is 0. The first-order chi connectivity index (χ1) is 5.54. The number of hydrogen-bond acceptors (Lipinski definition) is 0. The molecule has 0 fully saturated rings. The van der Waals surface area contributed by atoms with Crippen LogP contribution in [0.15, 0.2) is 12.4 Å². The van der Waals surface area contributed by atoms with Crippen LogP contribution >= 0.6 is 0 Å². The van der Waals surface area contributed by atoms with Crippen molar-refractivity contribution in [1.82, 2.24) is 4.57 Å². The Morgan fingerprint density at radius 3 is 2.00 bits per heavy atom. The van der Waals surface area contributed by atoms with Crippen molar-refractivity contribution in [2.24, 2.45) is 0 Å². The van der Waals surface area contributed by atoms with Gasteiger partial charge in [0.15, 0.2) is 0 Å². The van der Waals surface area contributed by atoms with E-state index in [0.717, 1.165) is 0 Å². The van der Waals surface area contributed by atoms with E-state index >= 15 is 0 Å². The van der Waals surface area contributed by atoms with Crippen molar-refractivity contribution in [3.8, 4) is 0 Å². The molecule has 0 saturated heterocycles. The standard InChI is InChI=1S/C10H19N2.BrH/c1-8(2)11-6-7-12(9(3)4)10(11)5;/h6-9H,1-5H3;1H/q+1;/p-1. The minimum Gasteiger partial charge on any atom is -1.00 e. The van der Waals surface area contributed by atoms with E-state index in [0.29, 0.717) is 12.1 Å². The highest BCUT2D eigenvalue weighted by Crippen LogP contribution is 2.07. The fraction of sp³-hybridized carbons (Fsp3) is 0.700. The summed E-state index contributed by atoms with van der Waals surface area (Å²) in [5.74, 6) is 1.33. The predicted octanol–water partition coefficient (Wildman–Crippen LogP) is -0.750. The molecule has 1 aromatic heterocycles. The van der Waals surface area contributed by atoms with Crippen LogP contribution in [0.1, 0.15) is 45.6 Å². The third kappa shape index (κ3) is 2.56. The van der Waals surface area contributed by atoms with Crippen LogP contribution in [-0.4, -0.2) is 4.57 Å². The first-order valence-electron chi connectivity index (χ1n) is 4.62. The van der Waals surface area contributed by atoms with E-state index in [-0.39, 0.29) is 17.0 Å². The van der Waals surface area contributed by atoms with Crippen molar-refractivity contribution in [2.45, 2.75) is 46.7 Å². The van der Waals surface area contributed by atoms with E-state index in [1.165, 1.54) is 5.82 Å². The SMILES string of the molecule is Cc1n(C(C)C)cc[n+]1C(C)C.[Br-]. The van der Waals surface area contributed by atoms with Crippen LogP contribution in [-0.2, 0) is 0 Å². The Bertz CT molecular complexity index is 238. The van der Waals surface area contributed by atoms with Crippen LogP contribution in [0, 0.1) is 6.92 Å². The second-order valence-electron chi connectivity index (χ2n) is 3.85. The Kier molecular flexibility index (Phi) is 4.68. The van der Waals surface area contributed by atoms with E-state index in [2.05, 4.69) is 56.1 Å². The fourth-order valence-corrected chi connectivity index (χ4v) is 1.58. The number of imidazole rings is 1. The van der Waals surface area contributed by atoms with Crippen molar-refractivity contribution >= 4 is 0 Å². The maximum absolute atomic E-state index is 2.29. The topological polar surface area (TPSA) is 8.81 Å². The summed E-state index contributed by atoms with van der Waals surface area (Å²) in [5, 5.41) is 0. The zero-order chi connectivity index (χ0) is 9.30. The van der Waals surface area contributed by atoms with Crippen molar-refractivity contribution in [2.75, 3.05) is 0 Å². The maximum atomic E-state index is 2.29. The van der Waals surface area contributed by atoms with Gasteiger partial charge in [-0.3, -0.25) is 0 Å². The molecule has 0 unspecified atom stereocenters. The molecule has 0 atom stereocenters. The lowest BCUT2D eigenvalue weighted by atomic mass is 10.3. The average Bonchev–Trinajstić information content (AvgIpc) is 2.30. The number of nitrogens with zero attached hydrogens (tertiary/aromatic N) is 2. The molecule has 0 amide bonds. The van der Waals surface area contributed by atoms with Gasteiger partial charge in [-0.15, -0.1) is 0 Å². The number of aromatic nitrogens is 2. The monoisotopic (exact) mass is 246 g/mol. The van der Waals surface area contributed by atoms with Gasteiger partial charge in [0.1, 0.15) is 12.4 Å². The van der Waals surface area contributed by atoms with Gasteiger partial charge in [0.2, 0.25) is 0 Å². The Labute approximate surface area is 91.3 Å². The van der Waals surface area contributed by atoms with E-state index in [4.69, 9.17) is 0 Å². The van der Waals surface area contributed by atoms with Gasteiger partial charge in [-0.05, 0) is 27.7 Å². The van der Waals surface area contributed by atoms with Gasteiger partial charge in [0.25, 0.3) is 5.82 Å². The molecular weight excluding hydrogens is 228 g/mol. The molecule has 13 heavy (non-hydrogen) atoms. The van der Waals surface area contributed by atoms with Crippen LogP contribution in [0.3, 0.4) is 0 Å². The van der Waals surface area contributed by atoms with Gasteiger partial charge in [-0.25, -0.2) is 9.13 Å². The minimum atomic E-state index is 0. The molecule has 76 valence electrons. The fourth-order valence-electron chi connectivity index (χ4n) is 1.58. The van der Waals surface area contributed by atoms with E-state index in [9.17, 15) is 0 Å². The second kappa shape index (κ2) is 4.80. The second-order valence-corrected chi connectivity index (χ2v) is 3.85. The van der Waals surface area contributed by atoms with Crippen molar-refractivity contribution in [3.63, 3.8) is 0 Å². The molecule has 0 aliphatic heterocycles. The van der Waals surface area contributed by atoms with Crippen LogP contribution in [0.4, 0.5) is 0 Å². The summed E-state index contributed by atoms with van der Waals surface area (Å²) in [6, 6.07) is 1.12. The summed E-state index contributed by atoms with van der Waals surface area (Å²) >= 11 is 0. The van der Waals surface area contributed by atoms with Gasteiger partial charge in [0, 0.05) is 6.92 Å². The Morgan fingerprint density at radius 2 is 1.77 bits per heavy atom. The Hall–Kier alpha value is -0.310. The molecule has 0 N–H and O–H groups in total. The van der Waals surface area contributed by atoms with Crippen molar-refractivity contribution in [3.05, 3.63) is 18.2 Å². The first-order valence-corrected chi connectivity index (χ1v) is 4.62. The summed E-state index contributed by atoms with van der Waals surface area (Å²) in [6.45, 7) is 11.0. The molecule has 1 rings (SSSR count). The lowest BCUT2D eigenvalue weighted by Gasteiger charge is -2.05. The molecule has 0 spiro atoms. The number of halogens is 1. The maximum Gasteiger partial charge on any atom is 0.253 e. The predicted molar refractivity (Wildman–Crippen MR) is 50.1 cm³/mol. The summed E-state index contributed by atoms with van der Waals surface area (Å²) < 4.78 is 4.58. The van der Waals surface area contributed by atoms with Gasteiger partial charge < -0.3 is 17.0 Å². The molecule has 1 aromatic rings. The quantitative estimate of drug-likeness (QED) is 0.608. The molecule has 1 heterocycles. The summed E-state index contributed by atoms with van der Waals surface area (Å²) in [6.07, 6.45) is 4.31. The van der Waals surface area contributed by atoms with Gasteiger partial charge in [-0.2, -0.15) is 0 Å². The molecule has 0 aliphatic carbocycles. The summed E-state index contributed by atoms with van der Waals surface area (Å²) in [4.78, 5) is 0. The smallest absolute Gasteiger partial charge is 0.253 e. The zero-order valence-electron chi connectivity index (χ0n) is 9.08. The van der Waals surface area contributed by atoms with Gasteiger partial charge in [0.05, 0.1) is 12.1 Å². The Morgan fingerprint density at radius 1 is 1.23 bits per heavy atom. The molecule has 0 aliphatic rings. The number of rotatable bonds is 2. The summed E-state index contributed by atoms with van der Waals surface area (Å²) in [7, 11) is 0. The van der Waals surface area contributed by atoms with Crippen LogP contribution < -0.4 is 21.5 Å². The lowest BCUT2D eigenvalue weighted by Crippen LogP contribution is -3.00. The largest absolute Gasteiger partial charge is 1.00 e. The summed E-state index contributed by atoms with van der Waals surface area (Å²) in [5.41, 5.74) is 0. The lowest BCUT2D eigenvalue weighted by molar-refractivity contribution is -0.721. The molecule has 0 radical (unpaired) electrons. The first kappa shape index (κ1) is 12.7. The van der Waals surface area contributed by atoms with Crippen molar-refractivity contribution < 1.29 is 21.5 Å². The minimum absolute atomic E-state index is 0. The third-order valence-electron chi connectivity index (χ3n) is 2.25. The highest BCUT2D eigenvalue weighted by Gasteiger charge is 2.15. The zero-order valence-corrected chi connectivity index (χ0v) is 10.7. The highest BCUT2D eigenvalue weighted by atomic mass is 79.9. The van der Waals surface area contributed by atoms with Gasteiger partial charge in [-0.1, -0.05) is 0 Å². The van der Waals surface area contributed by atoms with E-state index in [1.807, 2.05) is 0 Å². The molecule has 3 heteroatoms.